The van der Waals surface area contributed by atoms with E-state index in [2.05, 4.69) is 10.0 Å². The zero-order valence-electron chi connectivity index (χ0n) is 13.8. The fourth-order valence-electron chi connectivity index (χ4n) is 2.16. The number of carbonyl (C=O) groups is 1. The number of unbranched alkanes of at least 4 members (excludes halogenated alkanes) is 1. The summed E-state index contributed by atoms with van der Waals surface area (Å²) in [7, 11) is -3.91. The smallest absolute Gasteiger partial charge is 0.261 e. The molecule has 0 spiro atoms. The Morgan fingerprint density at radius 2 is 1.92 bits per heavy atom. The van der Waals surface area contributed by atoms with Crippen molar-refractivity contribution in [3.05, 3.63) is 59.7 Å². The molecule has 0 aliphatic heterocycles. The van der Waals surface area contributed by atoms with Crippen molar-refractivity contribution < 1.29 is 13.2 Å². The standard InChI is InChI=1S/C18H19N3O3S/c1-2-3-11-20-18(22)14-8-6-9-16(12-14)25(23,24)21-17-10-5-4-7-15(17)13-19/h4-10,12,21H,2-3,11H2,1H3,(H,20,22). The molecular formula is C18H19N3O3S. The molecule has 0 radical (unpaired) electrons. The van der Waals surface area contributed by atoms with Crippen molar-refractivity contribution in [2.24, 2.45) is 0 Å². The third kappa shape index (κ3) is 4.81. The molecule has 6 nitrogen and oxygen atoms in total. The fourth-order valence-corrected chi connectivity index (χ4v) is 3.28. The summed E-state index contributed by atoms with van der Waals surface area (Å²) in [5.74, 6) is -0.317. The Balaban J connectivity index is 2.24. The first-order valence-corrected chi connectivity index (χ1v) is 9.36. The fraction of sp³-hybridized carbons (Fsp3) is 0.222. The molecule has 2 aromatic rings. The van der Waals surface area contributed by atoms with Crippen LogP contribution < -0.4 is 10.0 Å². The van der Waals surface area contributed by atoms with Crippen LogP contribution in [0.2, 0.25) is 0 Å². The Morgan fingerprint density at radius 3 is 2.64 bits per heavy atom. The van der Waals surface area contributed by atoms with Gasteiger partial charge < -0.3 is 5.32 Å². The van der Waals surface area contributed by atoms with Crippen LogP contribution >= 0.6 is 0 Å². The predicted octanol–water partition coefficient (Wildman–Crippen LogP) is 2.89. The van der Waals surface area contributed by atoms with Crippen molar-refractivity contribution in [1.82, 2.24) is 5.32 Å². The molecular weight excluding hydrogens is 338 g/mol. The first kappa shape index (κ1) is 18.5. The molecule has 0 aliphatic rings. The second-order valence-electron chi connectivity index (χ2n) is 5.40. The van der Waals surface area contributed by atoms with Crippen LogP contribution in [0.1, 0.15) is 35.7 Å². The number of nitriles is 1. The quantitative estimate of drug-likeness (QED) is 0.744. The number of nitrogens with zero attached hydrogens (tertiary/aromatic N) is 1. The van der Waals surface area contributed by atoms with Crippen molar-refractivity contribution in [2.75, 3.05) is 11.3 Å². The first-order chi connectivity index (χ1) is 12.0. The molecule has 1 amide bonds. The minimum absolute atomic E-state index is 0.0385. The minimum Gasteiger partial charge on any atom is -0.352 e. The van der Waals surface area contributed by atoms with E-state index in [0.29, 0.717) is 6.54 Å². The Kier molecular flexibility index (Phi) is 6.14. The Morgan fingerprint density at radius 1 is 1.16 bits per heavy atom. The summed E-state index contributed by atoms with van der Waals surface area (Å²) in [6, 6.07) is 14.1. The Hall–Kier alpha value is -2.85. The molecule has 0 unspecified atom stereocenters. The molecule has 0 atom stereocenters. The highest BCUT2D eigenvalue weighted by Gasteiger charge is 2.17. The number of anilines is 1. The second kappa shape index (κ2) is 8.31. The van der Waals surface area contributed by atoms with Gasteiger partial charge in [0.2, 0.25) is 0 Å². The van der Waals surface area contributed by atoms with Gasteiger partial charge in [0.05, 0.1) is 16.1 Å². The summed E-state index contributed by atoms with van der Waals surface area (Å²) < 4.78 is 27.5. The van der Waals surface area contributed by atoms with E-state index in [1.54, 1.807) is 18.2 Å². The topological polar surface area (TPSA) is 99.1 Å². The molecule has 2 rings (SSSR count). The van der Waals surface area contributed by atoms with Crippen LogP contribution in [0.25, 0.3) is 0 Å². The van der Waals surface area contributed by atoms with Crippen LogP contribution in [-0.2, 0) is 10.0 Å². The van der Waals surface area contributed by atoms with Gasteiger partial charge in [-0.3, -0.25) is 9.52 Å². The van der Waals surface area contributed by atoms with Gasteiger partial charge in [-0.25, -0.2) is 8.42 Å². The van der Waals surface area contributed by atoms with Gasteiger partial charge in [0.1, 0.15) is 6.07 Å². The average Bonchev–Trinajstić information content (AvgIpc) is 2.62. The summed E-state index contributed by atoms with van der Waals surface area (Å²) in [4.78, 5) is 12.0. The maximum absolute atomic E-state index is 12.6. The number of amides is 1. The molecule has 0 saturated carbocycles. The predicted molar refractivity (Wildman–Crippen MR) is 95.6 cm³/mol. The highest BCUT2D eigenvalue weighted by Crippen LogP contribution is 2.20. The van der Waals surface area contributed by atoms with Crippen LogP contribution in [0.15, 0.2) is 53.4 Å². The zero-order valence-corrected chi connectivity index (χ0v) is 14.6. The number of benzene rings is 2. The van der Waals surface area contributed by atoms with Crippen LogP contribution in [0.4, 0.5) is 5.69 Å². The van der Waals surface area contributed by atoms with Crippen molar-refractivity contribution >= 4 is 21.6 Å². The second-order valence-corrected chi connectivity index (χ2v) is 7.08. The lowest BCUT2D eigenvalue weighted by Gasteiger charge is -2.10. The molecule has 0 heterocycles. The lowest BCUT2D eigenvalue weighted by atomic mass is 10.2. The highest BCUT2D eigenvalue weighted by atomic mass is 32.2. The summed E-state index contributed by atoms with van der Waals surface area (Å²) in [6.07, 6.45) is 1.81. The van der Waals surface area contributed by atoms with Gasteiger partial charge in [0.15, 0.2) is 0 Å². The van der Waals surface area contributed by atoms with Crippen molar-refractivity contribution in [3.63, 3.8) is 0 Å². The summed E-state index contributed by atoms with van der Waals surface area (Å²) >= 11 is 0. The third-order valence-electron chi connectivity index (χ3n) is 3.51. The molecule has 2 N–H and O–H groups in total. The number of rotatable bonds is 7. The average molecular weight is 357 g/mol. The van der Waals surface area contributed by atoms with Gasteiger partial charge in [-0.05, 0) is 36.8 Å². The van der Waals surface area contributed by atoms with E-state index in [-0.39, 0.29) is 27.6 Å². The molecule has 130 valence electrons. The molecule has 0 fully saturated rings. The van der Waals surface area contributed by atoms with Crippen molar-refractivity contribution in [3.8, 4) is 6.07 Å². The van der Waals surface area contributed by atoms with E-state index in [1.807, 2.05) is 13.0 Å². The van der Waals surface area contributed by atoms with Gasteiger partial charge in [-0.2, -0.15) is 5.26 Å². The van der Waals surface area contributed by atoms with Gasteiger partial charge in [-0.1, -0.05) is 31.5 Å². The summed E-state index contributed by atoms with van der Waals surface area (Å²) in [6.45, 7) is 2.56. The maximum atomic E-state index is 12.6. The van der Waals surface area contributed by atoms with Crippen molar-refractivity contribution in [1.29, 1.82) is 5.26 Å². The van der Waals surface area contributed by atoms with E-state index in [1.165, 1.54) is 30.3 Å². The molecule has 25 heavy (non-hydrogen) atoms. The van der Waals surface area contributed by atoms with E-state index >= 15 is 0 Å². The number of sulfonamides is 1. The molecule has 0 aromatic heterocycles. The largest absolute Gasteiger partial charge is 0.352 e. The van der Waals surface area contributed by atoms with Crippen LogP contribution in [0.5, 0.6) is 0 Å². The van der Waals surface area contributed by atoms with Crippen LogP contribution in [0, 0.1) is 11.3 Å². The molecule has 2 aromatic carbocycles. The highest BCUT2D eigenvalue weighted by molar-refractivity contribution is 7.92. The molecule has 0 aliphatic carbocycles. The zero-order chi connectivity index (χ0) is 18.3. The monoisotopic (exact) mass is 357 g/mol. The minimum atomic E-state index is -3.91. The number of hydrogen-bond donors (Lipinski definition) is 2. The third-order valence-corrected chi connectivity index (χ3v) is 4.88. The van der Waals surface area contributed by atoms with E-state index in [0.717, 1.165) is 12.8 Å². The Bertz CT molecular complexity index is 902. The van der Waals surface area contributed by atoms with Gasteiger partial charge in [0, 0.05) is 12.1 Å². The summed E-state index contributed by atoms with van der Waals surface area (Å²) in [5.41, 5.74) is 0.690. The number of hydrogen-bond acceptors (Lipinski definition) is 4. The molecule has 0 saturated heterocycles. The van der Waals surface area contributed by atoms with Crippen molar-refractivity contribution in [2.45, 2.75) is 24.7 Å². The van der Waals surface area contributed by atoms with Crippen LogP contribution in [0.3, 0.4) is 0 Å². The lowest BCUT2D eigenvalue weighted by Crippen LogP contribution is -2.24. The first-order valence-electron chi connectivity index (χ1n) is 7.88. The number of carbonyl (C=O) groups excluding carboxylic acids is 1. The van der Waals surface area contributed by atoms with E-state index in [9.17, 15) is 13.2 Å². The summed E-state index contributed by atoms with van der Waals surface area (Å²) in [5, 5.41) is 11.8. The number of nitrogens with one attached hydrogen (secondary N) is 2. The number of para-hydroxylation sites is 1. The van der Waals surface area contributed by atoms with Gasteiger partial charge in [0.25, 0.3) is 15.9 Å². The molecule has 0 bridgehead atoms. The van der Waals surface area contributed by atoms with Crippen LogP contribution in [-0.4, -0.2) is 20.9 Å². The SMILES string of the molecule is CCCCNC(=O)c1cccc(S(=O)(=O)Nc2ccccc2C#N)c1. The van der Waals surface area contributed by atoms with Gasteiger partial charge >= 0.3 is 0 Å². The lowest BCUT2D eigenvalue weighted by molar-refractivity contribution is 0.0953. The van der Waals surface area contributed by atoms with Gasteiger partial charge in [-0.15, -0.1) is 0 Å². The normalized spacial score (nSPS) is 10.7. The van der Waals surface area contributed by atoms with E-state index < -0.39 is 10.0 Å². The maximum Gasteiger partial charge on any atom is 0.261 e. The van der Waals surface area contributed by atoms with E-state index in [4.69, 9.17) is 5.26 Å². The molecule has 7 heteroatoms. The Labute approximate surface area is 147 Å².